The van der Waals surface area contributed by atoms with Gasteiger partial charge in [0.2, 0.25) is 0 Å². The third-order valence-electron chi connectivity index (χ3n) is 4.13. The van der Waals surface area contributed by atoms with Crippen LogP contribution in [0, 0.1) is 5.82 Å². The second-order valence-electron chi connectivity index (χ2n) is 6.05. The van der Waals surface area contributed by atoms with E-state index in [9.17, 15) is 4.39 Å². The van der Waals surface area contributed by atoms with Gasteiger partial charge in [-0.1, -0.05) is 47.5 Å². The van der Waals surface area contributed by atoms with E-state index in [0.717, 1.165) is 26.8 Å². The minimum absolute atomic E-state index is 0.349. The van der Waals surface area contributed by atoms with E-state index in [1.54, 1.807) is 30.3 Å². The quantitative estimate of drug-likeness (QED) is 0.314. The maximum absolute atomic E-state index is 14.1. The largest absolute Gasteiger partial charge is 0.355 e. The summed E-state index contributed by atoms with van der Waals surface area (Å²) in [5, 5.41) is 8.23. The van der Waals surface area contributed by atoms with Crippen molar-refractivity contribution in [2.75, 3.05) is 10.6 Å². The molecular formula is C21H13BrCl2FN3. The fraction of sp³-hybridized carbons (Fsp3) is 0. The van der Waals surface area contributed by atoms with Crippen molar-refractivity contribution in [3.63, 3.8) is 0 Å². The van der Waals surface area contributed by atoms with Crippen LogP contribution in [0.3, 0.4) is 0 Å². The Morgan fingerprint density at radius 2 is 1.64 bits per heavy atom. The zero-order valence-electron chi connectivity index (χ0n) is 14.3. The molecule has 4 rings (SSSR count). The molecule has 0 unspecified atom stereocenters. The number of nitrogens with zero attached hydrogens (tertiary/aromatic N) is 1. The van der Waals surface area contributed by atoms with E-state index in [1.807, 2.05) is 30.3 Å². The van der Waals surface area contributed by atoms with Gasteiger partial charge in [0.15, 0.2) is 0 Å². The Morgan fingerprint density at radius 3 is 2.43 bits per heavy atom. The number of hydrogen-bond acceptors (Lipinski definition) is 3. The summed E-state index contributed by atoms with van der Waals surface area (Å²) >= 11 is 15.7. The van der Waals surface area contributed by atoms with Crippen molar-refractivity contribution in [2.24, 2.45) is 0 Å². The van der Waals surface area contributed by atoms with E-state index < -0.39 is 0 Å². The maximum Gasteiger partial charge on any atom is 0.146 e. The van der Waals surface area contributed by atoms with Crippen LogP contribution in [0.1, 0.15) is 0 Å². The van der Waals surface area contributed by atoms with Crippen LogP contribution in [0.15, 0.2) is 71.2 Å². The summed E-state index contributed by atoms with van der Waals surface area (Å²) in [6.07, 6.45) is 0. The highest BCUT2D eigenvalue weighted by atomic mass is 79.9. The molecule has 0 spiro atoms. The highest BCUT2D eigenvalue weighted by Crippen LogP contribution is 2.34. The summed E-state index contributed by atoms with van der Waals surface area (Å²) in [6, 6.07) is 19.4. The Kier molecular flexibility index (Phi) is 5.40. The molecule has 2 N–H and O–H groups in total. The van der Waals surface area contributed by atoms with Crippen molar-refractivity contribution in [1.82, 2.24) is 4.98 Å². The number of fused-ring (bicyclic) bond motifs is 1. The lowest BCUT2D eigenvalue weighted by molar-refractivity contribution is 0.632. The van der Waals surface area contributed by atoms with Crippen LogP contribution in [-0.2, 0) is 0 Å². The molecule has 1 heterocycles. The van der Waals surface area contributed by atoms with Crippen LogP contribution in [0.25, 0.3) is 10.9 Å². The smallest absolute Gasteiger partial charge is 0.146 e. The molecule has 3 aromatic carbocycles. The molecule has 0 aliphatic carbocycles. The number of nitrogens with one attached hydrogen (secondary N) is 2. The zero-order valence-corrected chi connectivity index (χ0v) is 17.4. The van der Waals surface area contributed by atoms with Crippen LogP contribution >= 0.6 is 39.1 Å². The van der Waals surface area contributed by atoms with Crippen LogP contribution < -0.4 is 10.6 Å². The molecule has 0 aliphatic heterocycles. The predicted molar refractivity (Wildman–Crippen MR) is 119 cm³/mol. The van der Waals surface area contributed by atoms with E-state index in [2.05, 4.69) is 31.5 Å². The highest BCUT2D eigenvalue weighted by Gasteiger charge is 2.11. The van der Waals surface area contributed by atoms with Crippen LogP contribution in [0.5, 0.6) is 0 Å². The number of pyridine rings is 1. The molecule has 28 heavy (non-hydrogen) atoms. The third kappa shape index (κ3) is 3.92. The van der Waals surface area contributed by atoms with E-state index in [1.165, 1.54) is 6.07 Å². The van der Waals surface area contributed by atoms with E-state index in [0.29, 0.717) is 21.6 Å². The predicted octanol–water partition coefficient (Wildman–Crippen LogP) is 7.93. The molecule has 0 amide bonds. The zero-order chi connectivity index (χ0) is 19.7. The first-order chi connectivity index (χ1) is 13.5. The van der Waals surface area contributed by atoms with Gasteiger partial charge in [-0.25, -0.2) is 9.37 Å². The number of anilines is 4. The summed E-state index contributed by atoms with van der Waals surface area (Å²) in [7, 11) is 0. The molecule has 1 aromatic heterocycles. The first-order valence-corrected chi connectivity index (χ1v) is 9.89. The average molecular weight is 477 g/mol. The van der Waals surface area contributed by atoms with E-state index in [4.69, 9.17) is 23.2 Å². The minimum Gasteiger partial charge on any atom is -0.355 e. The van der Waals surface area contributed by atoms with Gasteiger partial charge in [-0.3, -0.25) is 0 Å². The van der Waals surface area contributed by atoms with Gasteiger partial charge in [-0.2, -0.15) is 0 Å². The fourth-order valence-corrected chi connectivity index (χ4v) is 3.56. The Bertz CT molecular complexity index is 1180. The van der Waals surface area contributed by atoms with Crippen LogP contribution in [-0.4, -0.2) is 4.98 Å². The SMILES string of the molecule is Fc1ccccc1Nc1cc(Nc2ccc(Cl)c(Cl)c2)c2cccc(Br)c2n1. The van der Waals surface area contributed by atoms with E-state index in [-0.39, 0.29) is 5.82 Å². The summed E-state index contributed by atoms with van der Waals surface area (Å²) in [5.41, 5.74) is 2.66. The normalized spacial score (nSPS) is 10.9. The molecule has 0 bridgehead atoms. The molecule has 0 fully saturated rings. The molecule has 7 heteroatoms. The number of rotatable bonds is 4. The van der Waals surface area contributed by atoms with Gasteiger partial charge in [-0.15, -0.1) is 0 Å². The lowest BCUT2D eigenvalue weighted by Crippen LogP contribution is -2.00. The molecule has 3 nitrogen and oxygen atoms in total. The molecule has 0 saturated carbocycles. The Labute approximate surface area is 179 Å². The summed E-state index contributed by atoms with van der Waals surface area (Å²) in [6.45, 7) is 0. The first kappa shape index (κ1) is 19.0. The van der Waals surface area contributed by atoms with Crippen molar-refractivity contribution >= 4 is 72.9 Å². The number of halogens is 4. The topological polar surface area (TPSA) is 37.0 Å². The van der Waals surface area contributed by atoms with Crippen molar-refractivity contribution < 1.29 is 4.39 Å². The van der Waals surface area contributed by atoms with Gasteiger partial charge >= 0.3 is 0 Å². The molecule has 0 radical (unpaired) electrons. The first-order valence-electron chi connectivity index (χ1n) is 8.34. The van der Waals surface area contributed by atoms with Crippen molar-refractivity contribution in [2.45, 2.75) is 0 Å². The van der Waals surface area contributed by atoms with Crippen LogP contribution in [0.2, 0.25) is 10.0 Å². The summed E-state index contributed by atoms with van der Waals surface area (Å²) in [4.78, 5) is 4.63. The summed E-state index contributed by atoms with van der Waals surface area (Å²) < 4.78 is 14.9. The number of benzene rings is 3. The molecule has 0 atom stereocenters. The van der Waals surface area contributed by atoms with Gasteiger partial charge in [-0.05, 0) is 52.3 Å². The monoisotopic (exact) mass is 475 g/mol. The van der Waals surface area contributed by atoms with Crippen molar-refractivity contribution in [1.29, 1.82) is 0 Å². The number of hydrogen-bond donors (Lipinski definition) is 2. The Morgan fingerprint density at radius 1 is 0.821 bits per heavy atom. The van der Waals surface area contributed by atoms with Crippen molar-refractivity contribution in [3.05, 3.63) is 87.1 Å². The Hall–Kier alpha value is -2.34. The van der Waals surface area contributed by atoms with Gasteiger partial charge < -0.3 is 10.6 Å². The van der Waals surface area contributed by atoms with E-state index >= 15 is 0 Å². The van der Waals surface area contributed by atoms with Crippen molar-refractivity contribution in [3.8, 4) is 0 Å². The highest BCUT2D eigenvalue weighted by molar-refractivity contribution is 9.10. The number of para-hydroxylation sites is 2. The standard InChI is InChI=1S/C21H13BrCl2FN3/c22-14-5-3-4-13-19(26-12-8-9-15(23)16(24)10-12)11-20(28-21(13)14)27-18-7-2-1-6-17(18)25/h1-11H,(H2,26,27,28). The fourth-order valence-electron chi connectivity index (χ4n) is 2.81. The lowest BCUT2D eigenvalue weighted by atomic mass is 10.1. The molecule has 140 valence electrons. The molecule has 0 aliphatic rings. The van der Waals surface area contributed by atoms with Gasteiger partial charge in [0, 0.05) is 21.6 Å². The molecule has 0 saturated heterocycles. The average Bonchev–Trinajstić information content (AvgIpc) is 2.67. The summed E-state index contributed by atoms with van der Waals surface area (Å²) in [5.74, 6) is 0.155. The van der Waals surface area contributed by atoms with Crippen LogP contribution in [0.4, 0.5) is 27.3 Å². The Balaban J connectivity index is 1.80. The second kappa shape index (κ2) is 7.95. The maximum atomic E-state index is 14.1. The van der Waals surface area contributed by atoms with Gasteiger partial charge in [0.25, 0.3) is 0 Å². The molecule has 4 aromatic rings. The second-order valence-corrected chi connectivity index (χ2v) is 7.72. The lowest BCUT2D eigenvalue weighted by Gasteiger charge is -2.14. The van der Waals surface area contributed by atoms with Gasteiger partial charge in [0.05, 0.1) is 26.9 Å². The third-order valence-corrected chi connectivity index (χ3v) is 5.50. The number of aromatic nitrogens is 1. The minimum atomic E-state index is -0.351. The van der Waals surface area contributed by atoms with Gasteiger partial charge in [0.1, 0.15) is 11.6 Å². The molecular weight excluding hydrogens is 464 g/mol.